The van der Waals surface area contributed by atoms with Crippen molar-refractivity contribution in [3.63, 3.8) is 0 Å². The molecule has 1 atom stereocenters. The van der Waals surface area contributed by atoms with E-state index in [4.69, 9.17) is 9.47 Å². The van der Waals surface area contributed by atoms with E-state index in [1.807, 2.05) is 34.7 Å². The standard InChI is InChI=1S/C19H23N3O3S/c1-24-15-7-12-26-17(15)19(23)22-11-6-14(13-22)25-16-5-4-8-20-18(16)21-9-2-3-10-21/h4-5,7-8,12,14H,2-3,6,9-11,13H2,1H3. The third-order valence-corrected chi connectivity index (χ3v) is 5.81. The van der Waals surface area contributed by atoms with Crippen molar-refractivity contribution in [3.05, 3.63) is 34.7 Å². The highest BCUT2D eigenvalue weighted by molar-refractivity contribution is 7.12. The molecule has 0 aliphatic carbocycles. The number of amides is 1. The third-order valence-electron chi connectivity index (χ3n) is 4.93. The highest BCUT2D eigenvalue weighted by Gasteiger charge is 2.31. The molecule has 4 rings (SSSR count). The minimum atomic E-state index is -0.00420. The molecule has 0 bridgehead atoms. The average molecular weight is 373 g/mol. The van der Waals surface area contributed by atoms with Crippen LogP contribution in [0.3, 0.4) is 0 Å². The highest BCUT2D eigenvalue weighted by atomic mass is 32.1. The second kappa shape index (κ2) is 7.53. The Morgan fingerprint density at radius 2 is 2.08 bits per heavy atom. The normalized spacial score (nSPS) is 19.8. The number of thiophene rings is 1. The largest absolute Gasteiger partial charge is 0.495 e. The molecule has 2 aliphatic rings. The first-order chi connectivity index (χ1) is 12.8. The number of ether oxygens (including phenoxy) is 2. The van der Waals surface area contributed by atoms with Crippen LogP contribution in [0.4, 0.5) is 5.82 Å². The highest BCUT2D eigenvalue weighted by Crippen LogP contribution is 2.31. The number of likely N-dealkylation sites (tertiary alicyclic amines) is 1. The SMILES string of the molecule is COc1ccsc1C(=O)N1CCC(Oc2cccnc2N2CCCC2)C1. The van der Waals surface area contributed by atoms with Gasteiger partial charge in [-0.05, 0) is 36.4 Å². The van der Waals surface area contributed by atoms with Gasteiger partial charge in [-0.25, -0.2) is 4.98 Å². The lowest BCUT2D eigenvalue weighted by molar-refractivity contribution is 0.0774. The van der Waals surface area contributed by atoms with Gasteiger partial charge in [-0.2, -0.15) is 0 Å². The maximum absolute atomic E-state index is 12.7. The van der Waals surface area contributed by atoms with E-state index < -0.39 is 0 Å². The smallest absolute Gasteiger partial charge is 0.267 e. The molecule has 2 saturated heterocycles. The van der Waals surface area contributed by atoms with Crippen molar-refractivity contribution in [2.45, 2.75) is 25.4 Å². The number of rotatable bonds is 5. The summed E-state index contributed by atoms with van der Waals surface area (Å²) in [5, 5.41) is 1.88. The lowest BCUT2D eigenvalue weighted by Crippen LogP contribution is -2.31. The first-order valence-electron chi connectivity index (χ1n) is 9.03. The molecule has 0 spiro atoms. The molecule has 2 aromatic rings. The second-order valence-corrected chi connectivity index (χ2v) is 7.53. The minimum Gasteiger partial charge on any atom is -0.495 e. The summed E-state index contributed by atoms with van der Waals surface area (Å²) in [7, 11) is 1.59. The molecule has 2 fully saturated rings. The molecule has 26 heavy (non-hydrogen) atoms. The Bertz CT molecular complexity index is 773. The molecule has 0 aromatic carbocycles. The van der Waals surface area contributed by atoms with Gasteiger partial charge in [-0.1, -0.05) is 0 Å². The van der Waals surface area contributed by atoms with Gasteiger partial charge < -0.3 is 19.3 Å². The quantitative estimate of drug-likeness (QED) is 0.806. The van der Waals surface area contributed by atoms with E-state index >= 15 is 0 Å². The number of carbonyl (C=O) groups excluding carboxylic acids is 1. The van der Waals surface area contributed by atoms with Crippen LogP contribution in [0.2, 0.25) is 0 Å². The summed E-state index contributed by atoms with van der Waals surface area (Å²) in [6.45, 7) is 3.35. The molecular weight excluding hydrogens is 350 g/mol. The maximum atomic E-state index is 12.7. The van der Waals surface area contributed by atoms with Crippen LogP contribution in [0.1, 0.15) is 28.9 Å². The predicted octanol–water partition coefficient (Wildman–Crippen LogP) is 3.05. The van der Waals surface area contributed by atoms with Crippen molar-refractivity contribution in [2.24, 2.45) is 0 Å². The predicted molar refractivity (Wildman–Crippen MR) is 101 cm³/mol. The minimum absolute atomic E-state index is 0.00420. The summed E-state index contributed by atoms with van der Waals surface area (Å²) in [4.78, 5) is 22.1. The summed E-state index contributed by atoms with van der Waals surface area (Å²) in [6, 6.07) is 5.72. The fraction of sp³-hybridized carbons (Fsp3) is 0.474. The molecular formula is C19H23N3O3S. The summed E-state index contributed by atoms with van der Waals surface area (Å²) < 4.78 is 11.5. The Labute approximate surface area is 157 Å². The van der Waals surface area contributed by atoms with E-state index in [-0.39, 0.29) is 12.0 Å². The Hall–Kier alpha value is -2.28. The number of carbonyl (C=O) groups is 1. The average Bonchev–Trinajstić information content (AvgIpc) is 3.42. The van der Waals surface area contributed by atoms with Gasteiger partial charge in [0.1, 0.15) is 16.7 Å². The van der Waals surface area contributed by atoms with Gasteiger partial charge in [0.25, 0.3) is 5.91 Å². The molecule has 138 valence electrons. The van der Waals surface area contributed by atoms with Crippen molar-refractivity contribution in [3.8, 4) is 11.5 Å². The number of hydrogen-bond acceptors (Lipinski definition) is 6. The third kappa shape index (κ3) is 3.35. The van der Waals surface area contributed by atoms with E-state index in [0.717, 1.165) is 31.1 Å². The maximum Gasteiger partial charge on any atom is 0.267 e. The summed E-state index contributed by atoms with van der Waals surface area (Å²) >= 11 is 1.42. The Kier molecular flexibility index (Phi) is 4.97. The first kappa shape index (κ1) is 17.1. The number of pyridine rings is 1. The van der Waals surface area contributed by atoms with Gasteiger partial charge in [0.05, 0.1) is 13.7 Å². The lowest BCUT2D eigenvalue weighted by Gasteiger charge is -2.22. The molecule has 6 nitrogen and oxygen atoms in total. The first-order valence-corrected chi connectivity index (χ1v) is 9.91. The van der Waals surface area contributed by atoms with Crippen LogP contribution >= 0.6 is 11.3 Å². The number of methoxy groups -OCH3 is 1. The second-order valence-electron chi connectivity index (χ2n) is 6.62. The van der Waals surface area contributed by atoms with Crippen molar-refractivity contribution >= 4 is 23.1 Å². The van der Waals surface area contributed by atoms with Crippen LogP contribution in [0.15, 0.2) is 29.8 Å². The molecule has 0 saturated carbocycles. The van der Waals surface area contributed by atoms with Gasteiger partial charge >= 0.3 is 0 Å². The van der Waals surface area contributed by atoms with E-state index in [9.17, 15) is 4.79 Å². The molecule has 2 aromatic heterocycles. The monoisotopic (exact) mass is 373 g/mol. The lowest BCUT2D eigenvalue weighted by atomic mass is 10.3. The zero-order valence-corrected chi connectivity index (χ0v) is 15.7. The van der Waals surface area contributed by atoms with Gasteiger partial charge in [-0.15, -0.1) is 11.3 Å². The fourth-order valence-corrected chi connectivity index (χ4v) is 4.41. The van der Waals surface area contributed by atoms with E-state index in [0.29, 0.717) is 23.7 Å². The topological polar surface area (TPSA) is 54.9 Å². The molecule has 7 heteroatoms. The number of nitrogens with zero attached hydrogens (tertiary/aromatic N) is 3. The van der Waals surface area contributed by atoms with Crippen molar-refractivity contribution in [1.29, 1.82) is 0 Å². The molecule has 0 N–H and O–H groups in total. The zero-order valence-electron chi connectivity index (χ0n) is 14.9. The van der Waals surface area contributed by atoms with Gasteiger partial charge in [0.15, 0.2) is 11.6 Å². The number of aromatic nitrogens is 1. The number of hydrogen-bond donors (Lipinski definition) is 0. The zero-order chi connectivity index (χ0) is 17.9. The van der Waals surface area contributed by atoms with Crippen molar-refractivity contribution < 1.29 is 14.3 Å². The van der Waals surface area contributed by atoms with E-state index in [1.54, 1.807) is 7.11 Å². The molecule has 2 aliphatic heterocycles. The van der Waals surface area contributed by atoms with Crippen LogP contribution in [-0.2, 0) is 0 Å². The molecule has 4 heterocycles. The van der Waals surface area contributed by atoms with Crippen LogP contribution < -0.4 is 14.4 Å². The summed E-state index contributed by atoms with van der Waals surface area (Å²) in [5.74, 6) is 2.42. The summed E-state index contributed by atoms with van der Waals surface area (Å²) in [6.07, 6.45) is 5.03. The van der Waals surface area contributed by atoms with Gasteiger partial charge in [-0.3, -0.25) is 4.79 Å². The Balaban J connectivity index is 1.43. The van der Waals surface area contributed by atoms with E-state index in [2.05, 4.69) is 9.88 Å². The van der Waals surface area contributed by atoms with Crippen molar-refractivity contribution in [1.82, 2.24) is 9.88 Å². The van der Waals surface area contributed by atoms with Crippen LogP contribution in [0, 0.1) is 0 Å². The summed E-state index contributed by atoms with van der Waals surface area (Å²) in [5.41, 5.74) is 0. The fourth-order valence-electron chi connectivity index (χ4n) is 3.59. The van der Waals surface area contributed by atoms with Crippen LogP contribution in [0.25, 0.3) is 0 Å². The van der Waals surface area contributed by atoms with Crippen LogP contribution in [-0.4, -0.2) is 55.2 Å². The number of anilines is 1. The molecule has 0 radical (unpaired) electrons. The molecule has 1 amide bonds. The van der Waals surface area contributed by atoms with Crippen LogP contribution in [0.5, 0.6) is 11.5 Å². The van der Waals surface area contributed by atoms with Gasteiger partial charge in [0.2, 0.25) is 0 Å². The molecule has 1 unspecified atom stereocenters. The van der Waals surface area contributed by atoms with Gasteiger partial charge in [0, 0.05) is 32.3 Å². The Morgan fingerprint density at radius 1 is 1.23 bits per heavy atom. The van der Waals surface area contributed by atoms with Crippen molar-refractivity contribution in [2.75, 3.05) is 38.2 Å². The van der Waals surface area contributed by atoms with E-state index in [1.165, 1.54) is 24.2 Å². The Morgan fingerprint density at radius 3 is 2.88 bits per heavy atom.